The first-order chi connectivity index (χ1) is 9.56. The van der Waals surface area contributed by atoms with Gasteiger partial charge in [-0.05, 0) is 18.6 Å². The zero-order valence-electron chi connectivity index (χ0n) is 11.9. The number of hydrogen-bond donors (Lipinski definition) is 3. The predicted octanol–water partition coefficient (Wildman–Crippen LogP) is 0.682. The first kappa shape index (κ1) is 20.1. The van der Waals surface area contributed by atoms with Crippen molar-refractivity contribution in [2.24, 2.45) is 10.7 Å². The van der Waals surface area contributed by atoms with Gasteiger partial charge in [-0.15, -0.1) is 24.0 Å². The average molecular weight is 427 g/mol. The van der Waals surface area contributed by atoms with E-state index in [1.165, 1.54) is 18.5 Å². The number of guanidine groups is 1. The second-order valence-corrected chi connectivity index (χ2v) is 5.90. The Morgan fingerprint density at radius 1 is 1.43 bits per heavy atom. The third-order valence-electron chi connectivity index (χ3n) is 2.46. The fourth-order valence-corrected chi connectivity index (χ4v) is 2.37. The van der Waals surface area contributed by atoms with E-state index in [9.17, 15) is 8.42 Å². The number of halogens is 1. The molecule has 0 aromatic carbocycles. The summed E-state index contributed by atoms with van der Waals surface area (Å²) in [5, 5.41) is 2.85. The minimum absolute atomic E-state index is 0. The number of rotatable bonds is 8. The van der Waals surface area contributed by atoms with Crippen molar-refractivity contribution in [3.63, 3.8) is 0 Å². The molecule has 0 aliphatic carbocycles. The molecule has 0 unspecified atom stereocenters. The molecule has 0 aliphatic rings. The highest BCUT2D eigenvalue weighted by atomic mass is 127. The number of hydrogen-bond acceptors (Lipinski definition) is 4. The monoisotopic (exact) mass is 427 g/mol. The van der Waals surface area contributed by atoms with Crippen LogP contribution in [-0.2, 0) is 10.0 Å². The summed E-state index contributed by atoms with van der Waals surface area (Å²) in [5.74, 6) is 0.332. The van der Waals surface area contributed by atoms with Gasteiger partial charge >= 0.3 is 0 Å². The van der Waals surface area contributed by atoms with Crippen LogP contribution in [0.1, 0.15) is 19.8 Å². The maximum absolute atomic E-state index is 11.8. The number of aliphatic imine (C=N–C) groups is 1. The van der Waals surface area contributed by atoms with E-state index in [0.717, 1.165) is 12.8 Å². The SMILES string of the molecule is CCCCN=C(N)NCCNS(=O)(=O)c1cccnc1.I. The van der Waals surface area contributed by atoms with E-state index in [1.54, 1.807) is 6.07 Å². The maximum Gasteiger partial charge on any atom is 0.242 e. The lowest BCUT2D eigenvalue weighted by Gasteiger charge is -2.08. The van der Waals surface area contributed by atoms with Crippen molar-refractivity contribution in [3.8, 4) is 0 Å². The standard InChI is InChI=1S/C12H21N5O2S.HI/c1-2-3-7-15-12(13)16-8-9-17-20(18,19)11-5-4-6-14-10-11;/h4-6,10,17H,2-3,7-9H2,1H3,(H3,13,15,16);1H. The Balaban J connectivity index is 0.00000400. The van der Waals surface area contributed by atoms with Gasteiger partial charge in [0.05, 0.1) is 0 Å². The molecule has 4 N–H and O–H groups in total. The van der Waals surface area contributed by atoms with Crippen LogP contribution in [0.25, 0.3) is 0 Å². The number of pyridine rings is 1. The lowest BCUT2D eigenvalue weighted by molar-refractivity contribution is 0.580. The number of sulfonamides is 1. The fourth-order valence-electron chi connectivity index (χ4n) is 1.38. The first-order valence-corrected chi connectivity index (χ1v) is 7.98. The van der Waals surface area contributed by atoms with Crippen LogP contribution in [0, 0.1) is 0 Å². The summed E-state index contributed by atoms with van der Waals surface area (Å²) < 4.78 is 26.2. The van der Waals surface area contributed by atoms with Crippen LogP contribution in [0.2, 0.25) is 0 Å². The molecular formula is C12H22IN5O2S. The summed E-state index contributed by atoms with van der Waals surface area (Å²) in [7, 11) is -3.51. The minimum Gasteiger partial charge on any atom is -0.370 e. The van der Waals surface area contributed by atoms with Crippen molar-refractivity contribution >= 4 is 40.0 Å². The predicted molar refractivity (Wildman–Crippen MR) is 94.2 cm³/mol. The van der Waals surface area contributed by atoms with Gasteiger partial charge in [-0.1, -0.05) is 13.3 Å². The molecule has 0 fully saturated rings. The number of nitrogens with two attached hydrogens (primary N) is 1. The zero-order chi connectivity index (χ0) is 14.8. The van der Waals surface area contributed by atoms with Crippen molar-refractivity contribution in [2.75, 3.05) is 19.6 Å². The van der Waals surface area contributed by atoms with Crippen molar-refractivity contribution in [3.05, 3.63) is 24.5 Å². The Kier molecular flexibility index (Phi) is 10.3. The fraction of sp³-hybridized carbons (Fsp3) is 0.500. The molecule has 21 heavy (non-hydrogen) atoms. The van der Waals surface area contributed by atoms with Crippen LogP contribution in [0.15, 0.2) is 34.4 Å². The quantitative estimate of drug-likeness (QED) is 0.245. The van der Waals surface area contributed by atoms with Gasteiger partial charge in [-0.3, -0.25) is 9.98 Å². The smallest absolute Gasteiger partial charge is 0.242 e. The van der Waals surface area contributed by atoms with Crippen LogP contribution >= 0.6 is 24.0 Å². The van der Waals surface area contributed by atoms with Gasteiger partial charge in [0.2, 0.25) is 10.0 Å². The average Bonchev–Trinajstić information content (AvgIpc) is 2.45. The molecule has 1 heterocycles. The van der Waals surface area contributed by atoms with E-state index in [2.05, 4.69) is 26.9 Å². The van der Waals surface area contributed by atoms with E-state index in [0.29, 0.717) is 19.0 Å². The summed E-state index contributed by atoms with van der Waals surface area (Å²) in [4.78, 5) is 8.02. The Labute approximate surface area is 142 Å². The molecule has 0 atom stereocenters. The molecule has 120 valence electrons. The van der Waals surface area contributed by atoms with Gasteiger partial charge in [-0.2, -0.15) is 0 Å². The van der Waals surface area contributed by atoms with Crippen LogP contribution in [0.5, 0.6) is 0 Å². The molecule has 1 rings (SSSR count). The molecule has 0 spiro atoms. The second kappa shape index (κ2) is 10.7. The topological polar surface area (TPSA) is 109 Å². The summed E-state index contributed by atoms with van der Waals surface area (Å²) in [5.41, 5.74) is 5.63. The molecule has 1 aromatic heterocycles. The molecule has 0 bridgehead atoms. The van der Waals surface area contributed by atoms with Gasteiger partial charge in [0.1, 0.15) is 4.90 Å². The Morgan fingerprint density at radius 2 is 2.19 bits per heavy atom. The number of unbranched alkanes of at least 4 members (excludes halogenated alkanes) is 1. The van der Waals surface area contributed by atoms with Crippen LogP contribution in [-0.4, -0.2) is 39.0 Å². The summed E-state index contributed by atoms with van der Waals surface area (Å²) in [6.07, 6.45) is 4.86. The van der Waals surface area contributed by atoms with E-state index in [1.807, 2.05) is 0 Å². The first-order valence-electron chi connectivity index (χ1n) is 6.49. The van der Waals surface area contributed by atoms with E-state index < -0.39 is 10.0 Å². The van der Waals surface area contributed by atoms with Gasteiger partial charge < -0.3 is 11.1 Å². The van der Waals surface area contributed by atoms with Crippen molar-refractivity contribution in [1.82, 2.24) is 15.0 Å². The molecule has 1 aromatic rings. The van der Waals surface area contributed by atoms with E-state index in [4.69, 9.17) is 5.73 Å². The van der Waals surface area contributed by atoms with Crippen LogP contribution < -0.4 is 15.8 Å². The Hall–Kier alpha value is -0.940. The molecule has 7 nitrogen and oxygen atoms in total. The van der Waals surface area contributed by atoms with Crippen LogP contribution in [0.3, 0.4) is 0 Å². The third kappa shape index (κ3) is 8.17. The highest BCUT2D eigenvalue weighted by Crippen LogP contribution is 2.04. The van der Waals surface area contributed by atoms with E-state index >= 15 is 0 Å². The van der Waals surface area contributed by atoms with Gasteiger partial charge in [0.15, 0.2) is 5.96 Å². The lowest BCUT2D eigenvalue weighted by atomic mass is 10.3. The van der Waals surface area contributed by atoms with Crippen molar-refractivity contribution < 1.29 is 8.42 Å². The lowest BCUT2D eigenvalue weighted by Crippen LogP contribution is -2.38. The number of nitrogens with one attached hydrogen (secondary N) is 2. The number of nitrogens with zero attached hydrogens (tertiary/aromatic N) is 2. The summed E-state index contributed by atoms with van der Waals surface area (Å²) >= 11 is 0. The van der Waals surface area contributed by atoms with Crippen molar-refractivity contribution in [2.45, 2.75) is 24.7 Å². The van der Waals surface area contributed by atoms with E-state index in [-0.39, 0.29) is 35.4 Å². The molecule has 0 aliphatic heterocycles. The van der Waals surface area contributed by atoms with Gasteiger partial charge in [0.25, 0.3) is 0 Å². The molecule has 0 radical (unpaired) electrons. The third-order valence-corrected chi connectivity index (χ3v) is 3.91. The van der Waals surface area contributed by atoms with Crippen LogP contribution in [0.4, 0.5) is 0 Å². The number of aromatic nitrogens is 1. The zero-order valence-corrected chi connectivity index (χ0v) is 15.1. The van der Waals surface area contributed by atoms with Crippen molar-refractivity contribution in [1.29, 1.82) is 0 Å². The second-order valence-electron chi connectivity index (χ2n) is 4.13. The van der Waals surface area contributed by atoms with Gasteiger partial charge in [0, 0.05) is 32.0 Å². The summed E-state index contributed by atoms with van der Waals surface area (Å²) in [6.45, 7) is 3.35. The Morgan fingerprint density at radius 3 is 2.81 bits per heavy atom. The normalized spacial score (nSPS) is 11.8. The Bertz CT molecular complexity index is 522. The molecule has 0 saturated heterocycles. The maximum atomic E-state index is 11.8. The summed E-state index contributed by atoms with van der Waals surface area (Å²) in [6, 6.07) is 3.06. The highest BCUT2D eigenvalue weighted by molar-refractivity contribution is 14.0. The molecule has 9 heteroatoms. The minimum atomic E-state index is -3.51. The highest BCUT2D eigenvalue weighted by Gasteiger charge is 2.12. The molecular weight excluding hydrogens is 405 g/mol. The molecule has 0 saturated carbocycles. The molecule has 0 amide bonds. The van der Waals surface area contributed by atoms with Gasteiger partial charge in [-0.25, -0.2) is 13.1 Å². The largest absolute Gasteiger partial charge is 0.370 e.